The third-order valence-electron chi connectivity index (χ3n) is 11.1. The van der Waals surface area contributed by atoms with Crippen LogP contribution in [0.2, 0.25) is 0 Å². The number of allylic oxidation sites excluding steroid dienone is 2. The summed E-state index contributed by atoms with van der Waals surface area (Å²) in [6.07, 6.45) is 11.1. The molecule has 6 aromatic rings. The average Bonchev–Trinajstić information content (AvgIpc) is 3.77. The van der Waals surface area contributed by atoms with E-state index in [-0.39, 0.29) is 29.5 Å². The lowest BCUT2D eigenvalue weighted by atomic mass is 9.78. The van der Waals surface area contributed by atoms with Crippen LogP contribution in [0, 0.1) is 0 Å². The lowest BCUT2D eigenvalue weighted by Gasteiger charge is -2.33. The minimum atomic E-state index is -0.0800. The molecule has 4 atom stereocenters. The molecular weight excluding hydrogens is 550 g/mol. The summed E-state index contributed by atoms with van der Waals surface area (Å²) in [5.74, 6) is 2.29. The number of benzene rings is 4. The Balaban J connectivity index is 1.20. The minimum absolute atomic E-state index is 0.0461. The van der Waals surface area contributed by atoms with Gasteiger partial charge in [0.25, 0.3) is 0 Å². The topological polar surface area (TPSA) is 37.7 Å². The number of para-hydroxylation sites is 1. The van der Waals surface area contributed by atoms with Crippen LogP contribution in [0.25, 0.3) is 44.7 Å². The number of hydrogen-bond donors (Lipinski definition) is 2. The van der Waals surface area contributed by atoms with Crippen molar-refractivity contribution < 1.29 is 4.74 Å². The van der Waals surface area contributed by atoms with Gasteiger partial charge >= 0.3 is 0 Å². The summed E-state index contributed by atoms with van der Waals surface area (Å²) in [4.78, 5) is 0. The summed E-state index contributed by atoms with van der Waals surface area (Å²) in [5, 5.41) is 10.4. The molecule has 0 spiro atoms. The van der Waals surface area contributed by atoms with Crippen LogP contribution in [0.3, 0.4) is 0 Å². The highest BCUT2D eigenvalue weighted by Crippen LogP contribution is 2.54. The molecule has 4 unspecified atom stereocenters. The first kappa shape index (κ1) is 24.1. The van der Waals surface area contributed by atoms with E-state index in [9.17, 15) is 0 Å². The number of ether oxygens (including phenoxy) is 1. The van der Waals surface area contributed by atoms with Crippen LogP contribution < -0.4 is 20.6 Å². The van der Waals surface area contributed by atoms with Gasteiger partial charge < -0.3 is 15.4 Å². The minimum Gasteiger partial charge on any atom is -0.485 e. The first-order chi connectivity index (χ1) is 22.1. The van der Waals surface area contributed by atoms with Crippen LogP contribution in [0.5, 0.6) is 5.75 Å². The predicted octanol–water partition coefficient (Wildman–Crippen LogP) is 8.17. The fourth-order valence-corrected chi connectivity index (χ4v) is 9.24. The molecule has 3 aliphatic carbocycles. The molecule has 0 bridgehead atoms. The zero-order chi connectivity index (χ0) is 29.6. The first-order valence-corrected chi connectivity index (χ1v) is 16.1. The third kappa shape index (κ3) is 2.89. The summed E-state index contributed by atoms with van der Waals surface area (Å²) in [6, 6.07) is 32.0. The van der Waals surface area contributed by atoms with E-state index in [1.54, 1.807) is 0 Å². The molecular formula is C41H31N3O. The number of nitrogens with one attached hydrogen (secondary N) is 2. The van der Waals surface area contributed by atoms with E-state index < -0.39 is 0 Å². The van der Waals surface area contributed by atoms with Crippen molar-refractivity contribution in [2.45, 2.75) is 43.4 Å². The molecule has 4 aromatic carbocycles. The molecule has 11 rings (SSSR count). The quantitative estimate of drug-likeness (QED) is 0.206. The van der Waals surface area contributed by atoms with Crippen LogP contribution in [-0.4, -0.2) is 22.6 Å². The monoisotopic (exact) mass is 581 g/mol. The largest absolute Gasteiger partial charge is 0.485 e. The number of aromatic nitrogens is 1. The predicted molar refractivity (Wildman–Crippen MR) is 183 cm³/mol. The first-order valence-electron chi connectivity index (χ1n) is 16.1. The Morgan fingerprint density at radius 1 is 0.778 bits per heavy atom. The van der Waals surface area contributed by atoms with Crippen molar-refractivity contribution in [3.8, 4) is 28.0 Å². The van der Waals surface area contributed by atoms with E-state index in [1.165, 1.54) is 71.8 Å². The Kier molecular flexibility index (Phi) is 4.33. The maximum absolute atomic E-state index is 6.68. The van der Waals surface area contributed by atoms with E-state index in [2.05, 4.69) is 144 Å². The van der Waals surface area contributed by atoms with Crippen LogP contribution in [0.4, 0.5) is 11.5 Å². The summed E-state index contributed by atoms with van der Waals surface area (Å²) >= 11 is 0. The Morgan fingerprint density at radius 3 is 2.47 bits per heavy atom. The molecule has 4 nitrogen and oxygen atoms in total. The number of anilines is 2. The zero-order valence-electron chi connectivity index (χ0n) is 25.1. The fraction of sp³-hybridized carbons (Fsp3) is 0.171. The highest BCUT2D eigenvalue weighted by molar-refractivity contribution is 6.03. The molecule has 2 aliphatic heterocycles. The van der Waals surface area contributed by atoms with E-state index >= 15 is 0 Å². The van der Waals surface area contributed by atoms with Crippen molar-refractivity contribution in [2.75, 3.05) is 10.6 Å². The van der Waals surface area contributed by atoms with E-state index in [4.69, 9.17) is 4.74 Å². The smallest absolute Gasteiger partial charge is 0.136 e. The molecule has 0 saturated heterocycles. The number of fused-ring (bicyclic) bond motifs is 14. The fourth-order valence-electron chi connectivity index (χ4n) is 9.24. The Hall–Kier alpha value is -5.22. The Bertz CT molecular complexity index is 2420. The van der Waals surface area contributed by atoms with Gasteiger partial charge in [0, 0.05) is 21.6 Å². The molecule has 0 radical (unpaired) electrons. The van der Waals surface area contributed by atoms with Crippen LogP contribution in [0.1, 0.15) is 42.0 Å². The van der Waals surface area contributed by atoms with Gasteiger partial charge in [-0.2, -0.15) is 0 Å². The second kappa shape index (κ2) is 8.08. The van der Waals surface area contributed by atoms with Crippen molar-refractivity contribution >= 4 is 34.0 Å². The molecule has 0 amide bonds. The highest BCUT2D eigenvalue weighted by atomic mass is 16.5. The van der Waals surface area contributed by atoms with Gasteiger partial charge in [0.05, 0.1) is 34.7 Å². The van der Waals surface area contributed by atoms with Gasteiger partial charge in [-0.1, -0.05) is 105 Å². The SMILES string of the molecule is CC1(C)c2ccccc2-c2cccc(-c3ccc4c(c3)c3c5c(c6c(n54)NC4C=CC=CC4N6)=CC4Oc5ccccc5C34)c21. The molecule has 0 saturated carbocycles. The van der Waals surface area contributed by atoms with Gasteiger partial charge in [-0.05, 0) is 63.2 Å². The van der Waals surface area contributed by atoms with Crippen molar-refractivity contribution in [3.05, 3.63) is 137 Å². The maximum Gasteiger partial charge on any atom is 0.136 e. The summed E-state index contributed by atoms with van der Waals surface area (Å²) in [6.45, 7) is 4.76. The number of rotatable bonds is 1. The second-order valence-electron chi connectivity index (χ2n) is 13.7. The molecule has 216 valence electrons. The van der Waals surface area contributed by atoms with Crippen molar-refractivity contribution in [1.82, 2.24) is 4.40 Å². The lowest BCUT2D eigenvalue weighted by Crippen LogP contribution is -2.42. The van der Waals surface area contributed by atoms with Gasteiger partial charge in [-0.15, -0.1) is 0 Å². The van der Waals surface area contributed by atoms with E-state index in [0.717, 1.165) is 11.6 Å². The lowest BCUT2D eigenvalue weighted by molar-refractivity contribution is 0.282. The van der Waals surface area contributed by atoms with Gasteiger partial charge in [0.1, 0.15) is 17.7 Å². The molecule has 45 heavy (non-hydrogen) atoms. The van der Waals surface area contributed by atoms with Gasteiger partial charge in [0.15, 0.2) is 0 Å². The Morgan fingerprint density at radius 2 is 1.56 bits per heavy atom. The standard InChI is InChI=1S/C41H31N3O/c1-41(2)29-14-5-3-10-24(29)25-13-9-12-23(37(25)41)22-18-19-32-27(20-22)36-35-26-11-4-8-17-33(26)45-34(35)21-28-38-40(44(32)39(28)36)43-31-16-7-6-15-30(31)42-38/h3-21,30-31,34-35,42-43H,1-2H3. The van der Waals surface area contributed by atoms with Crippen molar-refractivity contribution in [3.63, 3.8) is 0 Å². The molecule has 4 heteroatoms. The van der Waals surface area contributed by atoms with E-state index in [0.29, 0.717) is 0 Å². The molecule has 2 N–H and O–H groups in total. The van der Waals surface area contributed by atoms with Crippen LogP contribution in [0.15, 0.2) is 109 Å². The highest BCUT2D eigenvalue weighted by Gasteiger charge is 2.43. The zero-order valence-corrected chi connectivity index (χ0v) is 25.1. The van der Waals surface area contributed by atoms with E-state index in [1.807, 2.05) is 0 Å². The average molecular weight is 582 g/mol. The van der Waals surface area contributed by atoms with Crippen LogP contribution in [-0.2, 0) is 5.41 Å². The number of hydrogen-bond acceptors (Lipinski definition) is 3. The van der Waals surface area contributed by atoms with Gasteiger partial charge in [-0.25, -0.2) is 0 Å². The summed E-state index contributed by atoms with van der Waals surface area (Å²) in [5.41, 5.74) is 14.4. The Labute approximate surface area is 261 Å². The van der Waals surface area contributed by atoms with Crippen LogP contribution >= 0.6 is 0 Å². The van der Waals surface area contributed by atoms with Crippen molar-refractivity contribution in [1.29, 1.82) is 0 Å². The summed E-state index contributed by atoms with van der Waals surface area (Å²) in [7, 11) is 0. The molecule has 4 heterocycles. The van der Waals surface area contributed by atoms with Crippen molar-refractivity contribution in [2.24, 2.45) is 0 Å². The normalized spacial score (nSPS) is 23.6. The van der Waals surface area contributed by atoms with Gasteiger partial charge in [0.2, 0.25) is 0 Å². The third-order valence-corrected chi connectivity index (χ3v) is 11.1. The molecule has 2 aromatic heterocycles. The molecule has 5 aliphatic rings. The molecule has 0 fully saturated rings. The van der Waals surface area contributed by atoms with Gasteiger partial charge in [-0.3, -0.25) is 4.40 Å². The number of nitrogens with zero attached hydrogens (tertiary/aromatic N) is 1. The second-order valence-corrected chi connectivity index (χ2v) is 13.7. The summed E-state index contributed by atoms with van der Waals surface area (Å²) < 4.78 is 9.17. The maximum atomic E-state index is 6.68.